The van der Waals surface area contributed by atoms with Crippen LogP contribution in [0.25, 0.3) is 0 Å². The predicted molar refractivity (Wildman–Crippen MR) is 55.9 cm³/mol. The van der Waals surface area contributed by atoms with E-state index in [1.807, 2.05) is 7.05 Å². The maximum absolute atomic E-state index is 5.76. The third-order valence-corrected chi connectivity index (χ3v) is 2.83. The van der Waals surface area contributed by atoms with E-state index in [2.05, 4.69) is 12.2 Å². The summed E-state index contributed by atoms with van der Waals surface area (Å²) in [6.45, 7) is 4.08. The number of ether oxygens (including phenoxy) is 1. The molecule has 78 valence electrons. The molecule has 13 heavy (non-hydrogen) atoms. The van der Waals surface area contributed by atoms with Gasteiger partial charge in [0, 0.05) is 13.2 Å². The molecular weight excluding hydrogens is 162 g/mol. The summed E-state index contributed by atoms with van der Waals surface area (Å²) in [4.78, 5) is 0. The first-order valence-electron chi connectivity index (χ1n) is 5.59. The van der Waals surface area contributed by atoms with Crippen molar-refractivity contribution in [2.45, 2.75) is 45.1 Å². The molecule has 2 heteroatoms. The molecule has 0 amide bonds. The smallest absolute Gasteiger partial charge is 0.0671 e. The molecule has 1 saturated carbocycles. The highest BCUT2D eigenvalue weighted by atomic mass is 16.5. The number of rotatable bonds is 5. The van der Waals surface area contributed by atoms with Crippen LogP contribution in [0.2, 0.25) is 0 Å². The average Bonchev–Trinajstić information content (AvgIpc) is 2.17. The van der Waals surface area contributed by atoms with Crippen molar-refractivity contribution in [1.82, 2.24) is 5.32 Å². The molecule has 1 rings (SSSR count). The van der Waals surface area contributed by atoms with Crippen molar-refractivity contribution >= 4 is 0 Å². The lowest BCUT2D eigenvalue weighted by Crippen LogP contribution is -2.26. The normalized spacial score (nSPS) is 21.7. The highest BCUT2D eigenvalue weighted by molar-refractivity contribution is 4.65. The standard InChI is InChI=1S/C11H23NO/c1-10(8-12-2)13-9-11-6-4-3-5-7-11/h10-12H,3-9H2,1-2H3. The van der Waals surface area contributed by atoms with Crippen molar-refractivity contribution in [3.8, 4) is 0 Å². The van der Waals surface area contributed by atoms with Gasteiger partial charge < -0.3 is 10.1 Å². The Labute approximate surface area is 82.0 Å². The van der Waals surface area contributed by atoms with Crippen molar-refractivity contribution in [1.29, 1.82) is 0 Å². The van der Waals surface area contributed by atoms with Gasteiger partial charge in [-0.25, -0.2) is 0 Å². The molecule has 0 bridgehead atoms. The molecular formula is C11H23NO. The summed E-state index contributed by atoms with van der Waals surface area (Å²) in [7, 11) is 1.97. The van der Waals surface area contributed by atoms with Crippen LogP contribution in [-0.4, -0.2) is 26.3 Å². The van der Waals surface area contributed by atoms with Gasteiger partial charge in [0.2, 0.25) is 0 Å². The Kier molecular flexibility index (Phi) is 5.40. The van der Waals surface area contributed by atoms with E-state index in [0.29, 0.717) is 6.10 Å². The lowest BCUT2D eigenvalue weighted by molar-refractivity contribution is 0.0324. The summed E-state index contributed by atoms with van der Waals surface area (Å²) in [5, 5.41) is 3.13. The van der Waals surface area contributed by atoms with Gasteiger partial charge in [0.1, 0.15) is 0 Å². The van der Waals surface area contributed by atoms with Gasteiger partial charge in [-0.15, -0.1) is 0 Å². The Bertz CT molecular complexity index is 121. The van der Waals surface area contributed by atoms with Crippen LogP contribution in [-0.2, 0) is 4.74 Å². The lowest BCUT2D eigenvalue weighted by Gasteiger charge is -2.23. The number of nitrogens with one attached hydrogen (secondary N) is 1. The summed E-state index contributed by atoms with van der Waals surface area (Å²) in [5.74, 6) is 0.841. The largest absolute Gasteiger partial charge is 0.377 e. The molecule has 1 fully saturated rings. The topological polar surface area (TPSA) is 21.3 Å². The van der Waals surface area contributed by atoms with Crippen LogP contribution in [0, 0.1) is 5.92 Å². The van der Waals surface area contributed by atoms with Crippen molar-refractivity contribution in [3.63, 3.8) is 0 Å². The Morgan fingerprint density at radius 1 is 1.31 bits per heavy atom. The summed E-state index contributed by atoms with van der Waals surface area (Å²) >= 11 is 0. The minimum atomic E-state index is 0.368. The molecule has 0 radical (unpaired) electrons. The third kappa shape index (κ3) is 4.63. The van der Waals surface area contributed by atoms with Crippen LogP contribution in [0.5, 0.6) is 0 Å². The minimum Gasteiger partial charge on any atom is -0.377 e. The molecule has 0 aliphatic heterocycles. The van der Waals surface area contributed by atoms with Crippen molar-refractivity contribution < 1.29 is 4.74 Å². The van der Waals surface area contributed by atoms with Crippen molar-refractivity contribution in [3.05, 3.63) is 0 Å². The lowest BCUT2D eigenvalue weighted by atomic mass is 9.90. The molecule has 2 nitrogen and oxygen atoms in total. The number of likely N-dealkylation sites (N-methyl/N-ethyl adjacent to an activating group) is 1. The van der Waals surface area contributed by atoms with E-state index in [1.165, 1.54) is 32.1 Å². The molecule has 0 aromatic heterocycles. The molecule has 0 heterocycles. The minimum absolute atomic E-state index is 0.368. The molecule has 1 unspecified atom stereocenters. The maximum atomic E-state index is 5.76. The second-order valence-corrected chi connectivity index (χ2v) is 4.21. The summed E-state index contributed by atoms with van der Waals surface area (Å²) < 4.78 is 5.76. The fraction of sp³-hybridized carbons (Fsp3) is 1.00. The SMILES string of the molecule is CNCC(C)OCC1CCCCC1. The van der Waals surface area contributed by atoms with E-state index in [0.717, 1.165) is 19.1 Å². The van der Waals surface area contributed by atoms with Gasteiger partial charge in [-0.2, -0.15) is 0 Å². The zero-order valence-electron chi connectivity index (χ0n) is 9.01. The molecule has 0 spiro atoms. The monoisotopic (exact) mass is 185 g/mol. The van der Waals surface area contributed by atoms with Crippen LogP contribution in [0.15, 0.2) is 0 Å². The predicted octanol–water partition coefficient (Wildman–Crippen LogP) is 2.19. The molecule has 0 aromatic rings. The van der Waals surface area contributed by atoms with Crippen molar-refractivity contribution in [2.24, 2.45) is 5.92 Å². The Balaban J connectivity index is 2.03. The van der Waals surface area contributed by atoms with E-state index in [4.69, 9.17) is 4.74 Å². The van der Waals surface area contributed by atoms with E-state index in [-0.39, 0.29) is 0 Å². The second-order valence-electron chi connectivity index (χ2n) is 4.21. The fourth-order valence-electron chi connectivity index (χ4n) is 2.00. The Morgan fingerprint density at radius 3 is 2.62 bits per heavy atom. The molecule has 0 aromatic carbocycles. The van der Waals surface area contributed by atoms with Crippen molar-refractivity contribution in [2.75, 3.05) is 20.2 Å². The summed E-state index contributed by atoms with van der Waals surface area (Å²) in [6.07, 6.45) is 7.39. The zero-order valence-corrected chi connectivity index (χ0v) is 9.01. The maximum Gasteiger partial charge on any atom is 0.0671 e. The quantitative estimate of drug-likeness (QED) is 0.709. The number of hydrogen-bond donors (Lipinski definition) is 1. The van der Waals surface area contributed by atoms with Gasteiger partial charge in [0.05, 0.1) is 6.10 Å². The van der Waals surface area contributed by atoms with Crippen LogP contribution >= 0.6 is 0 Å². The highest BCUT2D eigenvalue weighted by Crippen LogP contribution is 2.23. The number of hydrogen-bond acceptors (Lipinski definition) is 2. The van der Waals surface area contributed by atoms with Crippen LogP contribution < -0.4 is 5.32 Å². The van der Waals surface area contributed by atoms with Gasteiger partial charge in [0.15, 0.2) is 0 Å². The third-order valence-electron chi connectivity index (χ3n) is 2.83. The molecule has 1 atom stereocenters. The first-order chi connectivity index (χ1) is 6.33. The van der Waals surface area contributed by atoms with Gasteiger partial charge in [-0.3, -0.25) is 0 Å². The zero-order chi connectivity index (χ0) is 9.52. The fourth-order valence-corrected chi connectivity index (χ4v) is 2.00. The average molecular weight is 185 g/mol. The van der Waals surface area contributed by atoms with Gasteiger partial charge in [-0.1, -0.05) is 19.3 Å². The second kappa shape index (κ2) is 6.39. The van der Waals surface area contributed by atoms with E-state index in [9.17, 15) is 0 Å². The van der Waals surface area contributed by atoms with Crippen LogP contribution in [0.1, 0.15) is 39.0 Å². The Hall–Kier alpha value is -0.0800. The summed E-state index contributed by atoms with van der Waals surface area (Å²) in [6, 6.07) is 0. The van der Waals surface area contributed by atoms with Gasteiger partial charge in [-0.05, 0) is 32.7 Å². The molecule has 1 N–H and O–H groups in total. The van der Waals surface area contributed by atoms with Crippen LogP contribution in [0.3, 0.4) is 0 Å². The van der Waals surface area contributed by atoms with E-state index >= 15 is 0 Å². The van der Waals surface area contributed by atoms with Gasteiger partial charge >= 0.3 is 0 Å². The first-order valence-corrected chi connectivity index (χ1v) is 5.59. The summed E-state index contributed by atoms with van der Waals surface area (Å²) in [5.41, 5.74) is 0. The van der Waals surface area contributed by atoms with Crippen LogP contribution in [0.4, 0.5) is 0 Å². The highest BCUT2D eigenvalue weighted by Gasteiger charge is 2.14. The molecule has 1 aliphatic carbocycles. The first kappa shape index (κ1) is 11.0. The van der Waals surface area contributed by atoms with Gasteiger partial charge in [0.25, 0.3) is 0 Å². The van der Waals surface area contributed by atoms with E-state index < -0.39 is 0 Å². The Morgan fingerprint density at radius 2 is 2.00 bits per heavy atom. The van der Waals surface area contributed by atoms with E-state index in [1.54, 1.807) is 0 Å². The molecule has 0 saturated heterocycles. The molecule has 1 aliphatic rings.